The number of carbonyl (C=O) groups excluding carboxylic acids is 1. The standard InChI is InChI=1S/C14H22N2O2/c1-5-15-10-14(17)16(4)12-6-8-13(9-7-12)18-11(2)3/h6-9,11,15H,5,10H2,1-4H3. The maximum atomic E-state index is 11.8. The molecule has 0 unspecified atom stereocenters. The molecule has 18 heavy (non-hydrogen) atoms. The highest BCUT2D eigenvalue weighted by molar-refractivity contribution is 5.94. The van der Waals surface area contributed by atoms with Crippen molar-refractivity contribution in [2.75, 3.05) is 25.0 Å². The van der Waals surface area contributed by atoms with E-state index in [1.807, 2.05) is 45.0 Å². The molecule has 0 fully saturated rings. The van der Waals surface area contributed by atoms with Crippen LogP contribution < -0.4 is 15.0 Å². The normalized spacial score (nSPS) is 10.5. The molecule has 1 N–H and O–H groups in total. The zero-order valence-electron chi connectivity index (χ0n) is 11.6. The van der Waals surface area contributed by atoms with Crippen molar-refractivity contribution in [3.8, 4) is 5.75 Å². The van der Waals surface area contributed by atoms with E-state index < -0.39 is 0 Å². The molecule has 0 heterocycles. The highest BCUT2D eigenvalue weighted by Gasteiger charge is 2.10. The van der Waals surface area contributed by atoms with E-state index in [0.717, 1.165) is 18.0 Å². The highest BCUT2D eigenvalue weighted by Crippen LogP contribution is 2.19. The molecule has 4 heteroatoms. The molecule has 4 nitrogen and oxygen atoms in total. The fourth-order valence-electron chi connectivity index (χ4n) is 1.51. The van der Waals surface area contributed by atoms with Crippen LogP contribution in [0.2, 0.25) is 0 Å². The van der Waals surface area contributed by atoms with Crippen LogP contribution in [-0.2, 0) is 4.79 Å². The summed E-state index contributed by atoms with van der Waals surface area (Å²) in [7, 11) is 1.78. The topological polar surface area (TPSA) is 41.6 Å². The molecule has 0 atom stereocenters. The minimum Gasteiger partial charge on any atom is -0.491 e. The molecule has 1 aromatic carbocycles. The first-order valence-corrected chi connectivity index (χ1v) is 6.28. The summed E-state index contributed by atoms with van der Waals surface area (Å²) in [6.07, 6.45) is 0.156. The van der Waals surface area contributed by atoms with Gasteiger partial charge >= 0.3 is 0 Å². The third-order valence-corrected chi connectivity index (χ3v) is 2.50. The van der Waals surface area contributed by atoms with Gasteiger partial charge in [-0.25, -0.2) is 0 Å². The Balaban J connectivity index is 2.63. The second kappa shape index (κ2) is 7.01. The number of nitrogens with zero attached hydrogens (tertiary/aromatic N) is 1. The number of hydrogen-bond donors (Lipinski definition) is 1. The molecule has 0 saturated heterocycles. The molecule has 0 aliphatic carbocycles. The monoisotopic (exact) mass is 250 g/mol. The maximum absolute atomic E-state index is 11.8. The van der Waals surface area contributed by atoms with Gasteiger partial charge in [0.2, 0.25) is 5.91 Å². The Kier molecular flexibility index (Phi) is 5.65. The lowest BCUT2D eigenvalue weighted by Crippen LogP contribution is -2.35. The van der Waals surface area contributed by atoms with Crippen LogP contribution >= 0.6 is 0 Å². The summed E-state index contributed by atoms with van der Waals surface area (Å²) in [5.74, 6) is 0.871. The average Bonchev–Trinajstić information content (AvgIpc) is 2.35. The lowest BCUT2D eigenvalue weighted by Gasteiger charge is -2.18. The van der Waals surface area contributed by atoms with E-state index in [1.54, 1.807) is 11.9 Å². The van der Waals surface area contributed by atoms with Crippen molar-refractivity contribution in [1.82, 2.24) is 5.32 Å². The zero-order valence-corrected chi connectivity index (χ0v) is 11.6. The molecule has 0 bridgehead atoms. The Morgan fingerprint density at radius 3 is 2.44 bits per heavy atom. The second-order valence-electron chi connectivity index (χ2n) is 4.39. The Hall–Kier alpha value is -1.55. The molecular formula is C14H22N2O2. The zero-order chi connectivity index (χ0) is 13.5. The van der Waals surface area contributed by atoms with E-state index in [1.165, 1.54) is 0 Å². The first-order chi connectivity index (χ1) is 8.54. The van der Waals surface area contributed by atoms with E-state index in [-0.39, 0.29) is 12.0 Å². The van der Waals surface area contributed by atoms with Gasteiger partial charge in [-0.05, 0) is 44.7 Å². The Labute approximate surface area is 109 Å². The van der Waals surface area contributed by atoms with Crippen LogP contribution in [0.5, 0.6) is 5.75 Å². The molecule has 1 rings (SSSR count). The lowest BCUT2D eigenvalue weighted by atomic mass is 10.2. The van der Waals surface area contributed by atoms with E-state index in [2.05, 4.69) is 5.32 Å². The quantitative estimate of drug-likeness (QED) is 0.840. The SMILES string of the molecule is CCNCC(=O)N(C)c1ccc(OC(C)C)cc1. The first-order valence-electron chi connectivity index (χ1n) is 6.28. The molecule has 0 aromatic heterocycles. The van der Waals surface area contributed by atoms with Crippen LogP contribution in [0.4, 0.5) is 5.69 Å². The molecule has 1 amide bonds. The number of ether oxygens (including phenoxy) is 1. The van der Waals surface area contributed by atoms with Gasteiger partial charge in [-0.15, -0.1) is 0 Å². The van der Waals surface area contributed by atoms with Crippen LogP contribution in [0.3, 0.4) is 0 Å². The summed E-state index contributed by atoms with van der Waals surface area (Å²) in [5.41, 5.74) is 0.869. The Morgan fingerprint density at radius 2 is 1.94 bits per heavy atom. The van der Waals surface area contributed by atoms with E-state index in [0.29, 0.717) is 6.54 Å². The maximum Gasteiger partial charge on any atom is 0.240 e. The van der Waals surface area contributed by atoms with Gasteiger partial charge in [-0.1, -0.05) is 6.92 Å². The molecule has 0 radical (unpaired) electrons. The minimum atomic E-state index is 0.0503. The lowest BCUT2D eigenvalue weighted by molar-refractivity contribution is -0.117. The summed E-state index contributed by atoms with van der Waals surface area (Å²) >= 11 is 0. The number of nitrogens with one attached hydrogen (secondary N) is 1. The van der Waals surface area contributed by atoms with Crippen LogP contribution in [0, 0.1) is 0 Å². The molecule has 0 saturated carbocycles. The van der Waals surface area contributed by atoms with Gasteiger partial charge in [0, 0.05) is 12.7 Å². The summed E-state index contributed by atoms with van der Waals surface area (Å²) in [4.78, 5) is 13.4. The van der Waals surface area contributed by atoms with Gasteiger partial charge in [0.1, 0.15) is 5.75 Å². The number of anilines is 1. The minimum absolute atomic E-state index is 0.0503. The molecule has 1 aromatic rings. The van der Waals surface area contributed by atoms with Crippen molar-refractivity contribution in [2.45, 2.75) is 26.9 Å². The van der Waals surface area contributed by atoms with Gasteiger partial charge in [0.25, 0.3) is 0 Å². The average molecular weight is 250 g/mol. The number of likely N-dealkylation sites (N-methyl/N-ethyl adjacent to an activating group) is 2. The molecule has 0 aliphatic rings. The summed E-state index contributed by atoms with van der Waals surface area (Å²) in [6.45, 7) is 7.10. The van der Waals surface area contributed by atoms with Gasteiger partial charge in [-0.3, -0.25) is 4.79 Å². The van der Waals surface area contributed by atoms with Gasteiger partial charge in [0.05, 0.1) is 12.6 Å². The molecule has 0 aliphatic heterocycles. The van der Waals surface area contributed by atoms with Crippen molar-refractivity contribution < 1.29 is 9.53 Å². The molecule has 100 valence electrons. The number of benzene rings is 1. The van der Waals surface area contributed by atoms with Crippen LogP contribution in [-0.4, -0.2) is 32.1 Å². The number of carbonyl (C=O) groups is 1. The van der Waals surface area contributed by atoms with Crippen LogP contribution in [0.25, 0.3) is 0 Å². The fourth-order valence-corrected chi connectivity index (χ4v) is 1.51. The third-order valence-electron chi connectivity index (χ3n) is 2.50. The van der Waals surface area contributed by atoms with Gasteiger partial charge in [-0.2, -0.15) is 0 Å². The van der Waals surface area contributed by atoms with Crippen LogP contribution in [0.1, 0.15) is 20.8 Å². The van der Waals surface area contributed by atoms with Crippen molar-refractivity contribution in [1.29, 1.82) is 0 Å². The first kappa shape index (κ1) is 14.5. The third kappa shape index (κ3) is 4.37. The van der Waals surface area contributed by atoms with Crippen molar-refractivity contribution in [3.05, 3.63) is 24.3 Å². The predicted molar refractivity (Wildman–Crippen MR) is 74.2 cm³/mol. The summed E-state index contributed by atoms with van der Waals surface area (Å²) < 4.78 is 5.56. The number of hydrogen-bond acceptors (Lipinski definition) is 3. The Morgan fingerprint density at radius 1 is 1.33 bits per heavy atom. The van der Waals surface area contributed by atoms with Gasteiger partial charge in [0.15, 0.2) is 0 Å². The van der Waals surface area contributed by atoms with Crippen LogP contribution in [0.15, 0.2) is 24.3 Å². The fraction of sp³-hybridized carbons (Fsp3) is 0.500. The summed E-state index contributed by atoms with van der Waals surface area (Å²) in [5, 5.41) is 3.02. The smallest absolute Gasteiger partial charge is 0.240 e. The van der Waals surface area contributed by atoms with Crippen molar-refractivity contribution in [2.24, 2.45) is 0 Å². The molecular weight excluding hydrogens is 228 g/mol. The van der Waals surface area contributed by atoms with Crippen molar-refractivity contribution >= 4 is 11.6 Å². The van der Waals surface area contributed by atoms with E-state index in [9.17, 15) is 4.79 Å². The number of rotatable bonds is 6. The van der Waals surface area contributed by atoms with Gasteiger partial charge < -0.3 is 15.0 Å². The van der Waals surface area contributed by atoms with Crippen molar-refractivity contribution in [3.63, 3.8) is 0 Å². The largest absolute Gasteiger partial charge is 0.491 e. The second-order valence-corrected chi connectivity index (χ2v) is 4.39. The number of amides is 1. The summed E-state index contributed by atoms with van der Waals surface area (Å²) in [6, 6.07) is 7.54. The predicted octanol–water partition coefficient (Wildman–Crippen LogP) is 2.05. The molecule has 0 spiro atoms. The Bertz CT molecular complexity index is 374. The highest BCUT2D eigenvalue weighted by atomic mass is 16.5. The van der Waals surface area contributed by atoms with E-state index in [4.69, 9.17) is 4.74 Å². The van der Waals surface area contributed by atoms with E-state index >= 15 is 0 Å².